The van der Waals surface area contributed by atoms with Crippen molar-refractivity contribution < 1.29 is 19.4 Å². The quantitative estimate of drug-likeness (QED) is 0.444. The summed E-state index contributed by atoms with van der Waals surface area (Å²) in [5.41, 5.74) is 0.971. The zero-order valence-electron chi connectivity index (χ0n) is 12.8. The van der Waals surface area contributed by atoms with Gasteiger partial charge in [-0.15, -0.1) is 0 Å². The number of benzene rings is 1. The Bertz CT molecular complexity index is 628. The fraction of sp³-hybridized carbons (Fsp3) is 0.375. The van der Waals surface area contributed by atoms with Gasteiger partial charge in [0.05, 0.1) is 0 Å². The Morgan fingerprint density at radius 3 is 2.43 bits per heavy atom. The summed E-state index contributed by atoms with van der Waals surface area (Å²) in [6, 6.07) is 4.16. The van der Waals surface area contributed by atoms with Crippen molar-refractivity contribution in [2.24, 2.45) is 0 Å². The second kappa shape index (κ2) is 7.62. The van der Waals surface area contributed by atoms with Gasteiger partial charge in [0.2, 0.25) is 0 Å². The van der Waals surface area contributed by atoms with Gasteiger partial charge in [-0.25, -0.2) is 0 Å². The third kappa shape index (κ3) is 4.12. The number of aromatic hydroxyl groups is 2. The number of halogens is 1. The van der Waals surface area contributed by atoms with Crippen molar-refractivity contribution in [1.82, 2.24) is 9.80 Å². The van der Waals surface area contributed by atoms with Gasteiger partial charge in [0.25, 0.3) is 0 Å². The van der Waals surface area contributed by atoms with E-state index in [-0.39, 0.29) is 24.1 Å². The number of hydrogen-bond acceptors (Lipinski definition) is 4. The molecule has 0 radical (unpaired) electrons. The number of carbonyl (C=O) groups is 1. The van der Waals surface area contributed by atoms with E-state index in [1.165, 1.54) is 18.2 Å². The van der Waals surface area contributed by atoms with Crippen molar-refractivity contribution in [1.29, 1.82) is 0 Å². The van der Waals surface area contributed by atoms with Crippen molar-refractivity contribution in [2.45, 2.75) is 19.3 Å². The van der Waals surface area contributed by atoms with Gasteiger partial charge in [-0.1, -0.05) is 0 Å². The van der Waals surface area contributed by atoms with Crippen LogP contribution in [0.2, 0.25) is 0 Å². The van der Waals surface area contributed by atoms with Crippen LogP contribution in [0, 0.1) is 0 Å². The minimum absolute atomic E-state index is 0.0692. The number of rotatable bonds is 6. The molecule has 0 aliphatic carbocycles. The monoisotopic (exact) mass is 386 g/mol. The number of nitrogens with zero attached hydrogens (tertiary/aromatic N) is 2. The van der Waals surface area contributed by atoms with Crippen molar-refractivity contribution >= 4 is 32.2 Å². The number of unbranched alkanes of at least 4 members (excludes halogenated alkanes) is 2. The molecule has 0 saturated carbocycles. The van der Waals surface area contributed by atoms with Crippen LogP contribution in [0.25, 0.3) is 6.08 Å². The second-order valence-electron chi connectivity index (χ2n) is 5.36. The molecule has 1 saturated heterocycles. The Kier molecular flexibility index (Phi) is 5.79. The maximum absolute atomic E-state index is 12.5. The molecule has 0 aromatic heterocycles. The summed E-state index contributed by atoms with van der Waals surface area (Å²) in [6.07, 6.45) is 3.58. The van der Waals surface area contributed by atoms with Crippen LogP contribution in [0.5, 0.6) is 11.5 Å². The number of alkyl halides is 1. The first kappa shape index (κ1) is 17.5. The summed E-state index contributed by atoms with van der Waals surface area (Å²) in [5, 5.41) is 19.1. The summed E-state index contributed by atoms with van der Waals surface area (Å²) >= 11 is 2.88. The molecule has 2 N–H and O–H groups in total. The van der Waals surface area contributed by atoms with Crippen LogP contribution in [0.1, 0.15) is 24.8 Å². The van der Waals surface area contributed by atoms with E-state index < -0.39 is 0 Å². The average molecular weight is 385 g/mol. The van der Waals surface area contributed by atoms with Crippen LogP contribution in [0.4, 0.5) is 4.39 Å². The molecule has 1 aliphatic heterocycles. The van der Waals surface area contributed by atoms with Crippen molar-refractivity contribution in [2.75, 3.05) is 20.3 Å². The number of carbonyl (C=O) groups excluding carboxylic acids is 1. The predicted octanol–water partition coefficient (Wildman–Crippen LogP) is 1.61. The first-order chi connectivity index (χ1) is 10.9. The molecule has 0 unspecified atom stereocenters. The zero-order valence-corrected chi connectivity index (χ0v) is 14.5. The molecule has 1 amide bonds. The predicted molar refractivity (Wildman–Crippen MR) is 87.8 cm³/mol. The molecular weight excluding hydrogens is 366 g/mol. The van der Waals surface area contributed by atoms with Crippen molar-refractivity contribution in [3.63, 3.8) is 0 Å². The third-order valence-corrected chi connectivity index (χ3v) is 4.62. The Morgan fingerprint density at radius 2 is 1.83 bits per heavy atom. The van der Waals surface area contributed by atoms with E-state index in [1.54, 1.807) is 22.9 Å². The minimum atomic E-state index is -0.338. The fourth-order valence-corrected chi connectivity index (χ4v) is 2.98. The van der Waals surface area contributed by atoms with Gasteiger partial charge in [0, 0.05) is 0 Å². The Balaban J connectivity index is 2.17. The van der Waals surface area contributed by atoms with E-state index in [2.05, 4.69) is 15.6 Å². The molecule has 7 heteroatoms. The summed E-state index contributed by atoms with van der Waals surface area (Å²) in [5.74, 6) is -0.301. The molecule has 0 bridgehead atoms. The van der Waals surface area contributed by atoms with Crippen LogP contribution in [-0.2, 0) is 4.79 Å². The third-order valence-electron chi connectivity index (χ3n) is 3.59. The molecule has 1 aromatic rings. The number of phenols is 2. The van der Waals surface area contributed by atoms with E-state index in [0.29, 0.717) is 28.9 Å². The molecule has 23 heavy (non-hydrogen) atoms. The molecule has 5 nitrogen and oxygen atoms in total. The average Bonchev–Trinajstić information content (AvgIpc) is 2.68. The van der Waals surface area contributed by atoms with Gasteiger partial charge in [-0.3, -0.25) is 0 Å². The molecule has 124 valence electrons. The number of hydrogen-bond donors (Lipinski definition) is 2. The van der Waals surface area contributed by atoms with E-state index >= 15 is 0 Å². The summed E-state index contributed by atoms with van der Waals surface area (Å²) in [7, 11) is 1.76. The van der Waals surface area contributed by atoms with E-state index in [4.69, 9.17) is 0 Å². The topological polar surface area (TPSA) is 64.0 Å². The maximum atomic E-state index is 12.5. The normalized spacial score (nSPS) is 16.7. The Hall–Kier alpha value is -1.85. The fourth-order valence-electron chi connectivity index (χ4n) is 2.41. The van der Waals surface area contributed by atoms with Crippen LogP contribution in [-0.4, -0.2) is 66.4 Å². The van der Waals surface area contributed by atoms with Gasteiger partial charge in [0.1, 0.15) is 0 Å². The van der Waals surface area contributed by atoms with Crippen LogP contribution < -0.4 is 0 Å². The molecule has 0 atom stereocenters. The first-order valence-electron chi connectivity index (χ1n) is 7.34. The molecule has 2 rings (SSSR count). The molecular formula is C16H19FN2O3Se. The van der Waals surface area contributed by atoms with E-state index in [9.17, 15) is 19.4 Å². The Labute approximate surface area is 142 Å². The number of amides is 1. The number of likely N-dealkylation sites (N-methyl/N-ethyl adjacent to an activating group) is 1. The van der Waals surface area contributed by atoms with Gasteiger partial charge in [0.15, 0.2) is 0 Å². The van der Waals surface area contributed by atoms with Crippen LogP contribution in [0.3, 0.4) is 0 Å². The summed E-state index contributed by atoms with van der Waals surface area (Å²) in [4.78, 5) is 15.9. The van der Waals surface area contributed by atoms with Gasteiger partial charge >= 0.3 is 142 Å². The molecule has 1 heterocycles. The van der Waals surface area contributed by atoms with E-state index in [1.807, 2.05) is 0 Å². The summed E-state index contributed by atoms with van der Waals surface area (Å²) in [6.45, 7) is 0.183. The van der Waals surface area contributed by atoms with Crippen molar-refractivity contribution in [3.05, 3.63) is 29.5 Å². The second-order valence-corrected chi connectivity index (χ2v) is 6.13. The van der Waals surface area contributed by atoms with Crippen molar-refractivity contribution in [3.8, 4) is 11.5 Å². The standard InChI is InChI=1S/C16H19FN2O3Se/c1-18-14(9-11-7-12(20)10-13(21)8-11)15(22)19(16(18)23)6-4-2-3-5-17/h7-10,20-21H,2-6H2,1H3/b14-9+. The first-order valence-corrected chi connectivity index (χ1v) is 8.20. The van der Waals surface area contributed by atoms with Gasteiger partial charge < -0.3 is 0 Å². The molecule has 1 aliphatic rings. The van der Waals surface area contributed by atoms with Crippen LogP contribution >= 0.6 is 0 Å². The molecule has 1 aromatic carbocycles. The molecule has 0 spiro atoms. The van der Waals surface area contributed by atoms with Crippen LogP contribution in [0.15, 0.2) is 23.9 Å². The SMILES string of the molecule is CN1C(=[Se])N(CCCCCF)C(=O)/C1=C\c1cc(O)cc(O)c1. The Morgan fingerprint density at radius 1 is 1.17 bits per heavy atom. The summed E-state index contributed by atoms with van der Waals surface area (Å²) < 4.78 is 12.8. The molecule has 1 fully saturated rings. The van der Waals surface area contributed by atoms with Gasteiger partial charge in [-0.05, 0) is 0 Å². The van der Waals surface area contributed by atoms with E-state index in [0.717, 1.165) is 12.8 Å². The van der Waals surface area contributed by atoms with Gasteiger partial charge in [-0.2, -0.15) is 0 Å². The number of phenolic OH excluding ortho intramolecular Hbond substituents is 2. The zero-order chi connectivity index (χ0) is 17.0.